The number of hydrogen-bond acceptors (Lipinski definition) is 2. The summed E-state index contributed by atoms with van der Waals surface area (Å²) >= 11 is 0. The van der Waals surface area contributed by atoms with Crippen LogP contribution in [-0.4, -0.2) is 11.7 Å². The van der Waals surface area contributed by atoms with Crippen LogP contribution in [0.3, 0.4) is 0 Å². The summed E-state index contributed by atoms with van der Waals surface area (Å²) in [5.41, 5.74) is 1.76. The Morgan fingerprint density at radius 2 is 1.58 bits per heavy atom. The number of aromatic hydroxyl groups is 1. The molecule has 1 N–H and O–H groups in total. The summed E-state index contributed by atoms with van der Waals surface area (Å²) in [6.45, 7) is 2.90. The largest absolute Gasteiger partial charge is 0.507 e. The van der Waals surface area contributed by atoms with Crippen LogP contribution in [0.2, 0.25) is 0 Å². The Labute approximate surface area is 114 Å². The minimum Gasteiger partial charge on any atom is -0.507 e. The number of phenolic OH excluding ortho intramolecular Hbond substituents is 1. The van der Waals surface area contributed by atoms with Crippen molar-refractivity contribution < 1.29 is 9.84 Å². The van der Waals surface area contributed by atoms with Crippen LogP contribution in [-0.2, 0) is 0 Å². The number of hydrogen-bond donors (Lipinski definition) is 1. The second kappa shape index (κ2) is 6.83. The summed E-state index contributed by atoms with van der Waals surface area (Å²) in [6, 6.07) is 15.2. The highest BCUT2D eigenvalue weighted by Crippen LogP contribution is 2.35. The van der Waals surface area contributed by atoms with Gasteiger partial charge >= 0.3 is 0 Å². The lowest BCUT2D eigenvalue weighted by Crippen LogP contribution is -1.98. The minimum absolute atomic E-state index is 0.284. The lowest BCUT2D eigenvalue weighted by atomic mass is 10.0. The van der Waals surface area contributed by atoms with Gasteiger partial charge in [-0.3, -0.25) is 0 Å². The van der Waals surface area contributed by atoms with E-state index in [1.807, 2.05) is 42.5 Å². The molecule has 0 fully saturated rings. The number of benzene rings is 2. The smallest absolute Gasteiger partial charge is 0.127 e. The van der Waals surface area contributed by atoms with E-state index >= 15 is 0 Å². The van der Waals surface area contributed by atoms with Crippen LogP contribution >= 0.6 is 0 Å². The van der Waals surface area contributed by atoms with Gasteiger partial charge < -0.3 is 9.84 Å². The molecule has 0 saturated heterocycles. The summed E-state index contributed by atoms with van der Waals surface area (Å²) in [7, 11) is 0. The Bertz CT molecular complexity index is 520. The monoisotopic (exact) mass is 256 g/mol. The molecule has 0 spiro atoms. The lowest BCUT2D eigenvalue weighted by molar-refractivity contribution is 0.307. The Balaban J connectivity index is 2.19. The Hall–Kier alpha value is -1.96. The molecule has 0 heterocycles. The fourth-order valence-corrected chi connectivity index (χ4v) is 2.05. The Morgan fingerprint density at radius 1 is 0.895 bits per heavy atom. The molecule has 0 aliphatic carbocycles. The van der Waals surface area contributed by atoms with Crippen LogP contribution in [0.4, 0.5) is 0 Å². The topological polar surface area (TPSA) is 29.5 Å². The van der Waals surface area contributed by atoms with Gasteiger partial charge in [-0.1, -0.05) is 56.2 Å². The Morgan fingerprint density at radius 3 is 2.32 bits per heavy atom. The number of para-hydroxylation sites is 2. The van der Waals surface area contributed by atoms with E-state index in [9.17, 15) is 5.11 Å². The van der Waals surface area contributed by atoms with Crippen molar-refractivity contribution in [3.8, 4) is 22.6 Å². The zero-order chi connectivity index (χ0) is 13.5. The average Bonchev–Trinajstić information content (AvgIpc) is 2.45. The second-order valence-corrected chi connectivity index (χ2v) is 4.57. The standard InChI is InChI=1S/C17H20O2/c1-2-3-8-13-19-17-12-7-5-10-15(17)14-9-4-6-11-16(14)18/h4-7,9-12,18H,2-3,8,13H2,1H3. The molecule has 2 heteroatoms. The molecule has 2 rings (SSSR count). The summed E-state index contributed by atoms with van der Waals surface area (Å²) < 4.78 is 5.84. The van der Waals surface area contributed by atoms with Crippen molar-refractivity contribution >= 4 is 0 Å². The van der Waals surface area contributed by atoms with E-state index in [-0.39, 0.29) is 5.75 Å². The third-order valence-electron chi connectivity index (χ3n) is 3.09. The fraction of sp³-hybridized carbons (Fsp3) is 0.294. The van der Waals surface area contributed by atoms with Gasteiger partial charge in [-0.15, -0.1) is 0 Å². The molecule has 2 nitrogen and oxygen atoms in total. The molecule has 0 atom stereocenters. The van der Waals surface area contributed by atoms with E-state index in [4.69, 9.17) is 4.74 Å². The lowest BCUT2D eigenvalue weighted by Gasteiger charge is -2.12. The third-order valence-corrected chi connectivity index (χ3v) is 3.09. The zero-order valence-electron chi connectivity index (χ0n) is 11.3. The van der Waals surface area contributed by atoms with Crippen molar-refractivity contribution in [3.05, 3.63) is 48.5 Å². The highest BCUT2D eigenvalue weighted by Gasteiger charge is 2.08. The average molecular weight is 256 g/mol. The maximum Gasteiger partial charge on any atom is 0.127 e. The zero-order valence-corrected chi connectivity index (χ0v) is 11.3. The highest BCUT2D eigenvalue weighted by molar-refractivity contribution is 5.75. The van der Waals surface area contributed by atoms with Gasteiger partial charge in [0.05, 0.1) is 6.61 Å². The summed E-state index contributed by atoms with van der Waals surface area (Å²) in [6.07, 6.45) is 3.43. The Kier molecular flexibility index (Phi) is 4.85. The predicted octanol–water partition coefficient (Wildman–Crippen LogP) is 4.63. The van der Waals surface area contributed by atoms with Crippen molar-refractivity contribution in [2.45, 2.75) is 26.2 Å². The first-order chi connectivity index (χ1) is 9.33. The quantitative estimate of drug-likeness (QED) is 0.764. The van der Waals surface area contributed by atoms with Crippen LogP contribution in [0.25, 0.3) is 11.1 Å². The first-order valence-corrected chi connectivity index (χ1v) is 6.83. The second-order valence-electron chi connectivity index (χ2n) is 4.57. The molecule has 0 saturated carbocycles. The number of phenols is 1. The molecular weight excluding hydrogens is 236 g/mol. The molecule has 100 valence electrons. The van der Waals surface area contributed by atoms with Crippen LogP contribution in [0.1, 0.15) is 26.2 Å². The first-order valence-electron chi connectivity index (χ1n) is 6.83. The number of rotatable bonds is 6. The third kappa shape index (κ3) is 3.50. The van der Waals surface area contributed by atoms with Gasteiger partial charge in [0.2, 0.25) is 0 Å². The summed E-state index contributed by atoms with van der Waals surface area (Å²) in [5.74, 6) is 1.12. The number of unbranched alkanes of at least 4 members (excludes halogenated alkanes) is 2. The van der Waals surface area contributed by atoms with Gasteiger partial charge in [-0.2, -0.15) is 0 Å². The highest BCUT2D eigenvalue weighted by atomic mass is 16.5. The van der Waals surface area contributed by atoms with Gasteiger partial charge in [-0.05, 0) is 18.6 Å². The van der Waals surface area contributed by atoms with E-state index in [1.165, 1.54) is 12.8 Å². The summed E-state index contributed by atoms with van der Waals surface area (Å²) in [5, 5.41) is 9.94. The minimum atomic E-state index is 0.284. The fourth-order valence-electron chi connectivity index (χ4n) is 2.05. The molecule has 0 aromatic heterocycles. The number of ether oxygens (including phenoxy) is 1. The van der Waals surface area contributed by atoms with E-state index < -0.39 is 0 Å². The molecule has 19 heavy (non-hydrogen) atoms. The SMILES string of the molecule is CCCCCOc1ccccc1-c1ccccc1O. The van der Waals surface area contributed by atoms with Gasteiger partial charge in [0.1, 0.15) is 11.5 Å². The van der Waals surface area contributed by atoms with Crippen molar-refractivity contribution in [3.63, 3.8) is 0 Å². The molecule has 0 bridgehead atoms. The van der Waals surface area contributed by atoms with Crippen molar-refractivity contribution in [1.82, 2.24) is 0 Å². The van der Waals surface area contributed by atoms with E-state index in [0.29, 0.717) is 0 Å². The predicted molar refractivity (Wildman–Crippen MR) is 78.6 cm³/mol. The van der Waals surface area contributed by atoms with E-state index in [2.05, 4.69) is 6.92 Å². The van der Waals surface area contributed by atoms with Crippen molar-refractivity contribution in [2.24, 2.45) is 0 Å². The molecule has 0 amide bonds. The van der Waals surface area contributed by atoms with Crippen LogP contribution in [0, 0.1) is 0 Å². The molecule has 0 aliphatic heterocycles. The van der Waals surface area contributed by atoms with Gasteiger partial charge in [0.15, 0.2) is 0 Å². The van der Waals surface area contributed by atoms with E-state index in [0.717, 1.165) is 29.9 Å². The van der Waals surface area contributed by atoms with Crippen molar-refractivity contribution in [2.75, 3.05) is 6.61 Å². The van der Waals surface area contributed by atoms with Crippen LogP contribution in [0.15, 0.2) is 48.5 Å². The molecule has 2 aromatic carbocycles. The molecule has 2 aromatic rings. The van der Waals surface area contributed by atoms with Gasteiger partial charge in [0, 0.05) is 11.1 Å². The molecule has 0 aliphatic rings. The normalized spacial score (nSPS) is 10.4. The first kappa shape index (κ1) is 13.5. The molecule has 0 radical (unpaired) electrons. The van der Waals surface area contributed by atoms with Gasteiger partial charge in [-0.25, -0.2) is 0 Å². The molecule has 0 unspecified atom stereocenters. The van der Waals surface area contributed by atoms with E-state index in [1.54, 1.807) is 6.07 Å². The van der Waals surface area contributed by atoms with Crippen LogP contribution in [0.5, 0.6) is 11.5 Å². The molecular formula is C17H20O2. The maximum atomic E-state index is 9.94. The van der Waals surface area contributed by atoms with Crippen molar-refractivity contribution in [1.29, 1.82) is 0 Å². The van der Waals surface area contributed by atoms with Crippen LogP contribution < -0.4 is 4.74 Å². The van der Waals surface area contributed by atoms with Gasteiger partial charge in [0.25, 0.3) is 0 Å². The maximum absolute atomic E-state index is 9.94. The summed E-state index contributed by atoms with van der Waals surface area (Å²) in [4.78, 5) is 0.